The number of H-pyrrole nitrogens is 1. The van der Waals surface area contributed by atoms with Crippen LogP contribution in [0.1, 0.15) is 11.3 Å². The first-order valence-electron chi connectivity index (χ1n) is 10.9. The third kappa shape index (κ3) is 4.31. The highest BCUT2D eigenvalue weighted by Gasteiger charge is 2.20. The summed E-state index contributed by atoms with van der Waals surface area (Å²) in [5.41, 5.74) is 1.28. The van der Waals surface area contributed by atoms with Gasteiger partial charge in [-0.1, -0.05) is 0 Å². The number of nitriles is 1. The van der Waals surface area contributed by atoms with E-state index in [0.717, 1.165) is 25.5 Å². The summed E-state index contributed by atoms with van der Waals surface area (Å²) >= 11 is 0. The quantitative estimate of drug-likeness (QED) is 0.387. The molecule has 4 aromatic rings. The molecule has 1 aliphatic rings. The van der Waals surface area contributed by atoms with Crippen LogP contribution < -0.4 is 20.3 Å². The van der Waals surface area contributed by atoms with Gasteiger partial charge in [-0.2, -0.15) is 5.26 Å². The molecule has 2 aromatic carbocycles. The normalized spacial score (nSPS) is 13.6. The lowest BCUT2D eigenvalue weighted by Gasteiger charge is -2.29. The highest BCUT2D eigenvalue weighted by molar-refractivity contribution is 5.83. The van der Waals surface area contributed by atoms with Crippen LogP contribution in [0.5, 0.6) is 11.6 Å². The van der Waals surface area contributed by atoms with Crippen molar-refractivity contribution in [3.8, 4) is 17.7 Å². The van der Waals surface area contributed by atoms with E-state index in [-0.39, 0.29) is 28.2 Å². The number of aromatic nitrogens is 3. The molecule has 1 fully saturated rings. The van der Waals surface area contributed by atoms with Crippen LogP contribution in [-0.4, -0.2) is 41.1 Å². The number of fused-ring (bicyclic) bond motifs is 1. The number of nitrogens with zero attached hydrogens (tertiary/aromatic N) is 4. The number of aryl methyl sites for hydroxylation is 1. The van der Waals surface area contributed by atoms with Crippen molar-refractivity contribution >= 4 is 28.1 Å². The molecule has 0 spiro atoms. The van der Waals surface area contributed by atoms with Crippen LogP contribution in [0.3, 0.4) is 0 Å². The predicted octanol–water partition coefficient (Wildman–Crippen LogP) is 4.50. The summed E-state index contributed by atoms with van der Waals surface area (Å²) in [5, 5.41) is 15.8. The largest absolute Gasteiger partial charge is 0.434 e. The molecular weight excluding hydrogens is 459 g/mol. The third-order valence-electron chi connectivity index (χ3n) is 5.70. The summed E-state index contributed by atoms with van der Waals surface area (Å²) in [6.45, 7) is 4.61. The first kappa shape index (κ1) is 22.5. The van der Waals surface area contributed by atoms with E-state index in [2.05, 4.69) is 25.6 Å². The molecule has 11 heteroatoms. The zero-order valence-corrected chi connectivity index (χ0v) is 18.6. The summed E-state index contributed by atoms with van der Waals surface area (Å²) in [5.74, 6) is -2.60. The van der Waals surface area contributed by atoms with E-state index in [1.807, 2.05) is 11.0 Å². The van der Waals surface area contributed by atoms with Crippen molar-refractivity contribution in [3.05, 3.63) is 65.4 Å². The summed E-state index contributed by atoms with van der Waals surface area (Å²) in [4.78, 5) is 12.7. The fourth-order valence-electron chi connectivity index (χ4n) is 4.04. The molecule has 2 aromatic heterocycles. The summed E-state index contributed by atoms with van der Waals surface area (Å²) in [7, 11) is 0. The topological polar surface area (TPSA) is 102 Å². The first-order chi connectivity index (χ1) is 16.9. The molecule has 5 rings (SSSR count). The Morgan fingerprint density at radius 3 is 2.63 bits per heavy atom. The van der Waals surface area contributed by atoms with Crippen LogP contribution >= 0.6 is 0 Å². The fourth-order valence-corrected chi connectivity index (χ4v) is 4.04. The van der Waals surface area contributed by atoms with E-state index in [1.54, 1.807) is 19.1 Å². The Morgan fingerprint density at radius 2 is 1.89 bits per heavy atom. The van der Waals surface area contributed by atoms with Crippen molar-refractivity contribution in [1.82, 2.24) is 20.3 Å². The summed E-state index contributed by atoms with van der Waals surface area (Å²) in [6.07, 6.45) is 1.11. The second-order valence-corrected chi connectivity index (χ2v) is 8.06. The van der Waals surface area contributed by atoms with E-state index in [1.165, 1.54) is 12.1 Å². The monoisotopic (exact) mass is 479 g/mol. The van der Waals surface area contributed by atoms with Crippen LogP contribution in [0.25, 0.3) is 10.9 Å². The number of rotatable bonds is 5. The molecule has 0 unspecified atom stereocenters. The smallest absolute Gasteiger partial charge is 0.242 e. The van der Waals surface area contributed by atoms with Crippen molar-refractivity contribution in [3.63, 3.8) is 0 Å². The van der Waals surface area contributed by atoms with Crippen molar-refractivity contribution in [2.24, 2.45) is 0 Å². The molecule has 3 heterocycles. The molecule has 8 nitrogen and oxygen atoms in total. The molecule has 1 aliphatic heterocycles. The molecule has 0 amide bonds. The number of hydrogen-bond donors (Lipinski definition) is 3. The van der Waals surface area contributed by atoms with E-state index in [9.17, 15) is 18.4 Å². The van der Waals surface area contributed by atoms with Crippen LogP contribution in [-0.2, 0) is 0 Å². The SMILES string of the molecule is Cc1cc2c(F)c(Oc3ncnc(Nc4ccc(N5CCNCC5)c(F)c4)c3C#N)cc(F)c2[nH]1. The highest BCUT2D eigenvalue weighted by atomic mass is 19.1. The molecule has 178 valence electrons. The fraction of sp³-hybridized carbons (Fsp3) is 0.208. The standard InChI is InChI=1S/C24H20F3N7O/c1-13-8-15-21(27)20(10-18(26)22(15)32-13)35-24-16(11-28)23(30-12-31-24)33-14-2-3-19(17(25)9-14)34-6-4-29-5-7-34/h2-3,8-10,12,29,32H,4-7H2,1H3,(H,30,31,33). The molecule has 0 bridgehead atoms. The first-order valence-corrected chi connectivity index (χ1v) is 10.9. The summed E-state index contributed by atoms with van der Waals surface area (Å²) < 4.78 is 49.7. The van der Waals surface area contributed by atoms with E-state index in [0.29, 0.717) is 30.2 Å². The van der Waals surface area contributed by atoms with Gasteiger partial charge in [0.15, 0.2) is 28.8 Å². The number of anilines is 3. The van der Waals surface area contributed by atoms with Gasteiger partial charge < -0.3 is 25.3 Å². The van der Waals surface area contributed by atoms with Gasteiger partial charge in [0, 0.05) is 49.0 Å². The Kier molecular flexibility index (Phi) is 5.88. The van der Waals surface area contributed by atoms with Crippen molar-refractivity contribution < 1.29 is 17.9 Å². The molecule has 1 saturated heterocycles. The lowest BCUT2D eigenvalue weighted by molar-refractivity contribution is 0.424. The molecular formula is C24H20F3N7O. The van der Waals surface area contributed by atoms with E-state index < -0.39 is 23.2 Å². The number of ether oxygens (including phenoxy) is 1. The number of halogens is 3. The average Bonchev–Trinajstić information content (AvgIpc) is 3.26. The maximum atomic E-state index is 15.0. The highest BCUT2D eigenvalue weighted by Crippen LogP contribution is 2.34. The zero-order valence-electron chi connectivity index (χ0n) is 18.6. The molecule has 3 N–H and O–H groups in total. The van der Waals surface area contributed by atoms with Gasteiger partial charge in [-0.25, -0.2) is 23.1 Å². The number of hydrogen-bond acceptors (Lipinski definition) is 7. The number of nitrogens with one attached hydrogen (secondary N) is 3. The van der Waals surface area contributed by atoms with Crippen molar-refractivity contribution in [2.75, 3.05) is 36.4 Å². The Labute approximate surface area is 198 Å². The second kappa shape index (κ2) is 9.15. The van der Waals surface area contributed by atoms with Gasteiger partial charge in [-0.3, -0.25) is 0 Å². The van der Waals surface area contributed by atoms with Crippen LogP contribution in [0.15, 0.2) is 36.7 Å². The Bertz CT molecular complexity index is 1460. The lowest BCUT2D eigenvalue weighted by Crippen LogP contribution is -2.43. The maximum Gasteiger partial charge on any atom is 0.242 e. The minimum Gasteiger partial charge on any atom is -0.434 e. The van der Waals surface area contributed by atoms with Gasteiger partial charge in [0.2, 0.25) is 5.88 Å². The molecule has 0 aliphatic carbocycles. The molecule has 0 saturated carbocycles. The van der Waals surface area contributed by atoms with Gasteiger partial charge in [0.25, 0.3) is 0 Å². The van der Waals surface area contributed by atoms with Crippen molar-refractivity contribution in [2.45, 2.75) is 6.92 Å². The Morgan fingerprint density at radius 1 is 1.09 bits per heavy atom. The van der Waals surface area contributed by atoms with Crippen LogP contribution in [0.2, 0.25) is 0 Å². The van der Waals surface area contributed by atoms with Gasteiger partial charge in [-0.15, -0.1) is 0 Å². The number of aromatic amines is 1. The van der Waals surface area contributed by atoms with Crippen molar-refractivity contribution in [1.29, 1.82) is 5.26 Å². The Balaban J connectivity index is 1.43. The van der Waals surface area contributed by atoms with E-state index in [4.69, 9.17) is 4.74 Å². The molecule has 0 radical (unpaired) electrons. The minimum atomic E-state index is -0.798. The van der Waals surface area contributed by atoms with Gasteiger partial charge in [0.05, 0.1) is 11.2 Å². The van der Waals surface area contributed by atoms with Crippen LogP contribution in [0, 0.1) is 35.7 Å². The predicted molar refractivity (Wildman–Crippen MR) is 125 cm³/mol. The lowest BCUT2D eigenvalue weighted by atomic mass is 10.2. The molecule has 35 heavy (non-hydrogen) atoms. The minimum absolute atomic E-state index is 0.0171. The van der Waals surface area contributed by atoms with E-state index >= 15 is 0 Å². The second-order valence-electron chi connectivity index (χ2n) is 8.06. The number of benzene rings is 2. The summed E-state index contributed by atoms with van der Waals surface area (Å²) in [6, 6.07) is 8.88. The van der Waals surface area contributed by atoms with Gasteiger partial charge in [0.1, 0.15) is 18.2 Å². The van der Waals surface area contributed by atoms with Gasteiger partial charge >= 0.3 is 0 Å². The number of piperazine rings is 1. The third-order valence-corrected chi connectivity index (χ3v) is 5.70. The van der Waals surface area contributed by atoms with Crippen LogP contribution in [0.4, 0.5) is 30.4 Å². The maximum absolute atomic E-state index is 15.0. The Hall–Kier alpha value is -4.30. The van der Waals surface area contributed by atoms with Gasteiger partial charge in [-0.05, 0) is 31.2 Å². The molecule has 0 atom stereocenters. The average molecular weight is 479 g/mol. The zero-order chi connectivity index (χ0) is 24.5.